The zero-order valence-electron chi connectivity index (χ0n) is 17.0. The molecule has 3 heterocycles. The number of benzene rings is 2. The number of amides is 1. The summed E-state index contributed by atoms with van der Waals surface area (Å²) in [6.45, 7) is 0. The second-order valence-electron chi connectivity index (χ2n) is 8.60. The number of piperidine rings is 1. The first-order valence-corrected chi connectivity index (χ1v) is 10.5. The van der Waals surface area contributed by atoms with Gasteiger partial charge in [-0.2, -0.15) is 18.3 Å². The molecule has 2 aliphatic heterocycles. The molecule has 8 heteroatoms. The number of aromatic amines is 1. The molecule has 2 aromatic carbocycles. The molecule has 1 amide bonds. The number of aromatic nitrogens is 2. The number of alkyl halides is 3. The summed E-state index contributed by atoms with van der Waals surface area (Å²) in [4.78, 5) is 15.3. The lowest BCUT2D eigenvalue weighted by Gasteiger charge is -2.36. The van der Waals surface area contributed by atoms with Crippen LogP contribution < -0.4 is 5.32 Å². The highest BCUT2D eigenvalue weighted by Crippen LogP contribution is 2.35. The number of fused-ring (bicyclic) bond motifs is 3. The largest absolute Gasteiger partial charge is 0.416 e. The van der Waals surface area contributed by atoms with Crippen molar-refractivity contribution >= 4 is 16.8 Å². The summed E-state index contributed by atoms with van der Waals surface area (Å²) >= 11 is 0. The quantitative estimate of drug-likeness (QED) is 0.641. The van der Waals surface area contributed by atoms with Gasteiger partial charge in [0.05, 0.1) is 11.1 Å². The first-order chi connectivity index (χ1) is 14.8. The van der Waals surface area contributed by atoms with Crippen molar-refractivity contribution in [1.29, 1.82) is 0 Å². The number of nitrogens with one attached hydrogen (secondary N) is 2. The SMILES string of the molecule is CN1C2CCC1CC(NC(=O)c1n[nH]c3cc(-c4ccc(C(F)(F)F)cc4)ccc13)C2. The van der Waals surface area contributed by atoms with Gasteiger partial charge < -0.3 is 10.2 Å². The minimum Gasteiger partial charge on any atom is -0.348 e. The van der Waals surface area contributed by atoms with Gasteiger partial charge in [0.2, 0.25) is 0 Å². The molecule has 5 nitrogen and oxygen atoms in total. The summed E-state index contributed by atoms with van der Waals surface area (Å²) in [7, 11) is 2.16. The zero-order valence-corrected chi connectivity index (χ0v) is 17.0. The molecule has 1 aromatic heterocycles. The Hall–Kier alpha value is -2.87. The number of rotatable bonds is 3. The number of H-pyrrole nitrogens is 1. The lowest BCUT2D eigenvalue weighted by atomic mass is 9.97. The van der Waals surface area contributed by atoms with E-state index in [0.717, 1.165) is 30.5 Å². The first-order valence-electron chi connectivity index (χ1n) is 10.5. The standard InChI is InChI=1S/C23H23F3N4O/c1-30-17-7-8-18(30)12-16(11-17)27-22(31)21-19-9-4-14(10-20(19)28-29-21)13-2-5-15(6-3-13)23(24,25)26/h2-6,9-10,16-18H,7-8,11-12H2,1H3,(H,27,31)(H,28,29). The van der Waals surface area contributed by atoms with Crippen LogP contribution >= 0.6 is 0 Å². The number of hydrogen-bond donors (Lipinski definition) is 2. The van der Waals surface area contributed by atoms with E-state index in [4.69, 9.17) is 0 Å². The van der Waals surface area contributed by atoms with Crippen molar-refractivity contribution < 1.29 is 18.0 Å². The number of carbonyl (C=O) groups excluding carboxylic acids is 1. The van der Waals surface area contributed by atoms with Crippen molar-refractivity contribution in [3.05, 3.63) is 53.7 Å². The van der Waals surface area contributed by atoms with Gasteiger partial charge in [-0.1, -0.05) is 18.2 Å². The first kappa shape index (κ1) is 20.1. The molecule has 0 saturated carbocycles. The van der Waals surface area contributed by atoms with Crippen molar-refractivity contribution in [3.63, 3.8) is 0 Å². The molecule has 2 saturated heterocycles. The molecular formula is C23H23F3N4O. The highest BCUT2D eigenvalue weighted by Gasteiger charge is 2.39. The van der Waals surface area contributed by atoms with Gasteiger partial charge in [-0.15, -0.1) is 0 Å². The Labute approximate surface area is 177 Å². The van der Waals surface area contributed by atoms with Crippen LogP contribution in [0.15, 0.2) is 42.5 Å². The summed E-state index contributed by atoms with van der Waals surface area (Å²) in [6, 6.07) is 11.6. The predicted octanol–water partition coefficient (Wildman–Crippen LogP) is 4.60. The maximum Gasteiger partial charge on any atom is 0.416 e. The molecule has 2 unspecified atom stereocenters. The van der Waals surface area contributed by atoms with Crippen LogP contribution in [0.1, 0.15) is 41.7 Å². The normalized spacial score (nSPS) is 23.9. The van der Waals surface area contributed by atoms with Crippen molar-refractivity contribution in [2.24, 2.45) is 0 Å². The number of carbonyl (C=O) groups is 1. The molecule has 0 spiro atoms. The summed E-state index contributed by atoms with van der Waals surface area (Å²) in [5.74, 6) is -0.192. The predicted molar refractivity (Wildman–Crippen MR) is 112 cm³/mol. The Morgan fingerprint density at radius 3 is 2.35 bits per heavy atom. The summed E-state index contributed by atoms with van der Waals surface area (Å²) in [5, 5.41) is 10.9. The van der Waals surface area contributed by atoms with E-state index in [-0.39, 0.29) is 11.9 Å². The number of nitrogens with zero attached hydrogens (tertiary/aromatic N) is 2. The molecule has 31 heavy (non-hydrogen) atoms. The smallest absolute Gasteiger partial charge is 0.348 e. The number of hydrogen-bond acceptors (Lipinski definition) is 3. The summed E-state index contributed by atoms with van der Waals surface area (Å²) < 4.78 is 38.4. The minimum absolute atomic E-state index is 0.152. The molecule has 2 N–H and O–H groups in total. The van der Waals surface area contributed by atoms with Crippen LogP contribution in [-0.2, 0) is 6.18 Å². The van der Waals surface area contributed by atoms with Gasteiger partial charge in [0.25, 0.3) is 5.91 Å². The van der Waals surface area contributed by atoms with Gasteiger partial charge in [-0.25, -0.2) is 0 Å². The molecule has 2 fully saturated rings. The molecule has 2 aliphatic rings. The van der Waals surface area contributed by atoms with Crippen LogP contribution in [0.25, 0.3) is 22.0 Å². The third-order valence-corrected chi connectivity index (χ3v) is 6.76. The molecule has 162 valence electrons. The van der Waals surface area contributed by atoms with Crippen molar-refractivity contribution in [2.75, 3.05) is 7.05 Å². The molecule has 5 rings (SSSR count). The second-order valence-corrected chi connectivity index (χ2v) is 8.60. The fourth-order valence-corrected chi connectivity index (χ4v) is 5.01. The summed E-state index contributed by atoms with van der Waals surface area (Å²) in [6.07, 6.45) is -0.0725. The fraction of sp³-hybridized carbons (Fsp3) is 0.391. The lowest BCUT2D eigenvalue weighted by Crippen LogP contribution is -2.48. The van der Waals surface area contributed by atoms with Gasteiger partial charge in [-0.05, 0) is 68.1 Å². The minimum atomic E-state index is -4.36. The van der Waals surface area contributed by atoms with Crippen LogP contribution in [-0.4, -0.2) is 46.2 Å². The molecule has 0 radical (unpaired) electrons. The third-order valence-electron chi connectivity index (χ3n) is 6.76. The molecule has 0 aliphatic carbocycles. The zero-order chi connectivity index (χ0) is 21.8. The van der Waals surface area contributed by atoms with Crippen LogP contribution in [0.4, 0.5) is 13.2 Å². The van der Waals surface area contributed by atoms with E-state index in [1.165, 1.54) is 25.0 Å². The van der Waals surface area contributed by atoms with E-state index in [1.54, 1.807) is 18.2 Å². The average molecular weight is 428 g/mol. The maximum atomic E-state index is 12.9. The Morgan fingerprint density at radius 2 is 1.71 bits per heavy atom. The van der Waals surface area contributed by atoms with Crippen molar-refractivity contribution in [2.45, 2.75) is 50.0 Å². The van der Waals surface area contributed by atoms with Gasteiger partial charge >= 0.3 is 6.18 Å². The van der Waals surface area contributed by atoms with Crippen molar-refractivity contribution in [1.82, 2.24) is 20.4 Å². The Balaban J connectivity index is 1.34. The van der Waals surface area contributed by atoms with Gasteiger partial charge in [0.1, 0.15) is 0 Å². The third kappa shape index (κ3) is 3.69. The van der Waals surface area contributed by atoms with E-state index in [1.807, 2.05) is 0 Å². The van der Waals surface area contributed by atoms with Gasteiger partial charge in [0.15, 0.2) is 5.69 Å². The van der Waals surface area contributed by atoms with Crippen molar-refractivity contribution in [3.8, 4) is 11.1 Å². The molecule has 2 bridgehead atoms. The Kier molecular flexibility index (Phi) is 4.77. The molecule has 3 aromatic rings. The fourth-order valence-electron chi connectivity index (χ4n) is 5.01. The average Bonchev–Trinajstić information content (AvgIpc) is 3.24. The highest BCUT2D eigenvalue weighted by atomic mass is 19.4. The molecular weight excluding hydrogens is 405 g/mol. The monoisotopic (exact) mass is 428 g/mol. The van der Waals surface area contributed by atoms with Crippen LogP contribution in [0.5, 0.6) is 0 Å². The summed E-state index contributed by atoms with van der Waals surface area (Å²) in [5.41, 5.74) is 1.76. The van der Waals surface area contributed by atoms with E-state index < -0.39 is 11.7 Å². The highest BCUT2D eigenvalue weighted by molar-refractivity contribution is 6.05. The topological polar surface area (TPSA) is 61.0 Å². The van der Waals surface area contributed by atoms with Gasteiger partial charge in [-0.3, -0.25) is 9.89 Å². The van der Waals surface area contributed by atoms with E-state index >= 15 is 0 Å². The van der Waals surface area contributed by atoms with E-state index in [9.17, 15) is 18.0 Å². The molecule has 2 atom stereocenters. The van der Waals surface area contributed by atoms with Crippen LogP contribution in [0.3, 0.4) is 0 Å². The maximum absolute atomic E-state index is 12.9. The second kappa shape index (κ2) is 7.37. The Bertz CT molecular complexity index is 1110. The van der Waals surface area contributed by atoms with E-state index in [0.29, 0.717) is 34.2 Å². The number of halogens is 3. The van der Waals surface area contributed by atoms with Gasteiger partial charge in [0, 0.05) is 23.5 Å². The van der Waals surface area contributed by atoms with E-state index in [2.05, 4.69) is 27.5 Å². The van der Waals surface area contributed by atoms with Crippen LogP contribution in [0, 0.1) is 0 Å². The van der Waals surface area contributed by atoms with Crippen LogP contribution in [0.2, 0.25) is 0 Å². The Morgan fingerprint density at radius 1 is 1.06 bits per heavy atom. The lowest BCUT2D eigenvalue weighted by molar-refractivity contribution is -0.137.